The topological polar surface area (TPSA) is 151 Å². The van der Waals surface area contributed by atoms with Gasteiger partial charge in [0, 0.05) is 43.5 Å². The molecule has 4 aromatic rings. The van der Waals surface area contributed by atoms with Crippen LogP contribution in [0.25, 0.3) is 16.9 Å². The van der Waals surface area contributed by atoms with Gasteiger partial charge in [-0.15, -0.1) is 0 Å². The van der Waals surface area contributed by atoms with Crippen LogP contribution in [0.15, 0.2) is 30.6 Å². The number of fused-ring (bicyclic) bond motifs is 2. The molecule has 3 aromatic heterocycles. The second-order valence-electron chi connectivity index (χ2n) is 10.6. The van der Waals surface area contributed by atoms with Gasteiger partial charge in [0.15, 0.2) is 11.3 Å². The van der Waals surface area contributed by atoms with E-state index < -0.39 is 23.6 Å². The van der Waals surface area contributed by atoms with Crippen LogP contribution < -0.4 is 21.1 Å². The third-order valence-electron chi connectivity index (χ3n) is 6.46. The van der Waals surface area contributed by atoms with Gasteiger partial charge in [0.05, 0.1) is 29.6 Å². The van der Waals surface area contributed by atoms with Crippen LogP contribution in [-0.4, -0.2) is 48.4 Å². The Morgan fingerprint density at radius 3 is 2.77 bits per heavy atom. The smallest absolute Gasteiger partial charge is 0.408 e. The van der Waals surface area contributed by atoms with Crippen molar-refractivity contribution in [2.75, 3.05) is 11.9 Å². The average Bonchev–Trinajstić information content (AvgIpc) is 3.60. The van der Waals surface area contributed by atoms with Gasteiger partial charge in [-0.1, -0.05) is 0 Å². The number of benzene rings is 1. The zero-order valence-electron chi connectivity index (χ0n) is 22.9. The Labute approximate surface area is 229 Å². The van der Waals surface area contributed by atoms with Crippen molar-refractivity contribution in [3.63, 3.8) is 0 Å². The molecule has 40 heavy (non-hydrogen) atoms. The summed E-state index contributed by atoms with van der Waals surface area (Å²) >= 11 is 0. The van der Waals surface area contributed by atoms with Crippen molar-refractivity contribution in [1.29, 1.82) is 0 Å². The Balaban J connectivity index is 1.53. The minimum Gasteiger partial charge on any atom is -0.493 e. The van der Waals surface area contributed by atoms with Gasteiger partial charge in [-0.3, -0.25) is 13.9 Å². The van der Waals surface area contributed by atoms with Crippen LogP contribution in [0.1, 0.15) is 61.0 Å². The van der Waals surface area contributed by atoms with E-state index in [-0.39, 0.29) is 18.1 Å². The van der Waals surface area contributed by atoms with E-state index in [1.54, 1.807) is 63.7 Å². The molecule has 0 bridgehead atoms. The van der Waals surface area contributed by atoms with Crippen LogP contribution >= 0.6 is 0 Å². The predicted octanol–water partition coefficient (Wildman–Crippen LogP) is 3.50. The summed E-state index contributed by atoms with van der Waals surface area (Å²) in [5.74, 6) is 0.0833. The maximum absolute atomic E-state index is 14.8. The summed E-state index contributed by atoms with van der Waals surface area (Å²) in [7, 11) is 1.68. The fourth-order valence-corrected chi connectivity index (χ4v) is 4.59. The third kappa shape index (κ3) is 5.26. The van der Waals surface area contributed by atoms with Crippen LogP contribution in [0.3, 0.4) is 0 Å². The number of amides is 2. The van der Waals surface area contributed by atoms with E-state index in [4.69, 9.17) is 20.2 Å². The zero-order chi connectivity index (χ0) is 28.8. The molecule has 210 valence electrons. The third-order valence-corrected chi connectivity index (χ3v) is 6.46. The van der Waals surface area contributed by atoms with Crippen molar-refractivity contribution in [2.45, 2.75) is 52.3 Å². The molecule has 1 aliphatic rings. The number of hydrogen-bond donors (Lipinski definition) is 3. The summed E-state index contributed by atoms with van der Waals surface area (Å²) in [6.45, 7) is 7.80. The first kappa shape index (κ1) is 26.9. The number of ether oxygens (including phenoxy) is 2. The Morgan fingerprint density at radius 1 is 1.30 bits per heavy atom. The zero-order valence-corrected chi connectivity index (χ0v) is 22.9. The standard InChI is InChI=1S/C27H31FN8O4/c1-14(32-26(38)40-27(2,3)4)20-13-36-24(33-20)17(21-10-19(23(29)37)34-35(21)5)12-31-25(36)30-11-16-15-8-9-39-22(15)7-6-18(16)28/h6-7,10,12-14H,8-9,11H2,1-5H3,(H2,29,37)(H,30,31)(H,32,38). The second kappa shape index (κ2) is 10.1. The number of rotatable bonds is 7. The van der Waals surface area contributed by atoms with Crippen molar-refractivity contribution in [3.05, 3.63) is 58.9 Å². The molecule has 1 aromatic carbocycles. The molecule has 0 fully saturated rings. The number of primary amides is 1. The molecule has 0 saturated carbocycles. The van der Waals surface area contributed by atoms with Crippen molar-refractivity contribution < 1.29 is 23.5 Å². The summed E-state index contributed by atoms with van der Waals surface area (Å²) in [6, 6.07) is 4.08. The number of aryl methyl sites for hydroxylation is 1. The highest BCUT2D eigenvalue weighted by molar-refractivity contribution is 5.92. The van der Waals surface area contributed by atoms with E-state index in [9.17, 15) is 14.0 Å². The minimum absolute atomic E-state index is 0.0974. The van der Waals surface area contributed by atoms with Gasteiger partial charge in [0.2, 0.25) is 5.95 Å². The number of halogens is 1. The van der Waals surface area contributed by atoms with Gasteiger partial charge < -0.3 is 25.8 Å². The van der Waals surface area contributed by atoms with Gasteiger partial charge in [-0.05, 0) is 45.9 Å². The molecule has 0 aliphatic carbocycles. The highest BCUT2D eigenvalue weighted by atomic mass is 19.1. The van der Waals surface area contributed by atoms with Gasteiger partial charge in [0.25, 0.3) is 5.91 Å². The molecule has 4 heterocycles. The predicted molar refractivity (Wildman–Crippen MR) is 144 cm³/mol. The van der Waals surface area contributed by atoms with E-state index in [2.05, 4.69) is 20.7 Å². The maximum Gasteiger partial charge on any atom is 0.408 e. The number of nitrogens with two attached hydrogens (primary N) is 1. The molecule has 12 nitrogen and oxygen atoms in total. The van der Waals surface area contributed by atoms with Crippen molar-refractivity contribution in [1.82, 2.24) is 29.5 Å². The molecular weight excluding hydrogens is 519 g/mol. The first-order valence-corrected chi connectivity index (χ1v) is 12.8. The Kier molecular flexibility index (Phi) is 6.82. The number of carbonyl (C=O) groups excluding carboxylic acids is 2. The fourth-order valence-electron chi connectivity index (χ4n) is 4.59. The van der Waals surface area contributed by atoms with Gasteiger partial charge >= 0.3 is 6.09 Å². The number of nitrogens with one attached hydrogen (secondary N) is 2. The minimum atomic E-state index is -0.662. The van der Waals surface area contributed by atoms with Crippen molar-refractivity contribution >= 4 is 23.6 Å². The molecular formula is C27H31FN8O4. The Morgan fingerprint density at radius 2 is 2.08 bits per heavy atom. The summed E-state index contributed by atoms with van der Waals surface area (Å²) < 4.78 is 29.0. The largest absolute Gasteiger partial charge is 0.493 e. The van der Waals surface area contributed by atoms with Crippen molar-refractivity contribution in [2.24, 2.45) is 12.8 Å². The lowest BCUT2D eigenvalue weighted by Crippen LogP contribution is -2.34. The van der Waals surface area contributed by atoms with Crippen molar-refractivity contribution in [3.8, 4) is 17.0 Å². The van der Waals surface area contributed by atoms with Gasteiger partial charge in [-0.25, -0.2) is 19.2 Å². The molecule has 0 saturated heterocycles. The molecule has 1 aliphatic heterocycles. The summed E-state index contributed by atoms with van der Waals surface area (Å²) in [6.07, 6.45) is 3.37. The van der Waals surface area contributed by atoms with E-state index in [0.29, 0.717) is 52.9 Å². The van der Waals surface area contributed by atoms with Crippen LogP contribution in [0.4, 0.5) is 15.1 Å². The van der Waals surface area contributed by atoms with Crippen LogP contribution in [0.2, 0.25) is 0 Å². The molecule has 4 N–H and O–H groups in total. The lowest BCUT2D eigenvalue weighted by atomic mass is 10.0. The molecule has 0 spiro atoms. The number of imidazole rings is 1. The first-order chi connectivity index (χ1) is 18.9. The van der Waals surface area contributed by atoms with E-state index in [0.717, 1.165) is 5.56 Å². The maximum atomic E-state index is 14.8. The van der Waals surface area contributed by atoms with Gasteiger partial charge in [-0.2, -0.15) is 5.10 Å². The quantitative estimate of drug-likeness (QED) is 0.316. The first-order valence-electron chi connectivity index (χ1n) is 12.8. The van der Waals surface area contributed by atoms with Gasteiger partial charge in [0.1, 0.15) is 17.2 Å². The number of anilines is 1. The monoisotopic (exact) mass is 550 g/mol. The number of aromatic nitrogens is 5. The van der Waals surface area contributed by atoms with E-state index in [1.807, 2.05) is 0 Å². The molecule has 2 amide bonds. The summed E-state index contributed by atoms with van der Waals surface area (Å²) in [5.41, 5.74) is 8.35. The highest BCUT2D eigenvalue weighted by Crippen LogP contribution is 2.32. The number of alkyl carbamates (subject to hydrolysis) is 1. The number of carbonyl (C=O) groups is 2. The average molecular weight is 551 g/mol. The van der Waals surface area contributed by atoms with Crippen LogP contribution in [0.5, 0.6) is 5.75 Å². The summed E-state index contributed by atoms with van der Waals surface area (Å²) in [5, 5.41) is 10.2. The molecule has 13 heteroatoms. The summed E-state index contributed by atoms with van der Waals surface area (Å²) in [4.78, 5) is 33.5. The fraction of sp³-hybridized carbons (Fsp3) is 0.370. The Hall–Kier alpha value is -4.68. The van der Waals surface area contributed by atoms with E-state index in [1.165, 1.54) is 10.7 Å². The second-order valence-corrected chi connectivity index (χ2v) is 10.6. The molecule has 1 unspecified atom stereocenters. The number of hydrogen-bond acceptors (Lipinski definition) is 8. The lowest BCUT2D eigenvalue weighted by Gasteiger charge is -2.21. The molecule has 0 radical (unpaired) electrons. The Bertz CT molecular complexity index is 1620. The normalized spacial score (nSPS) is 13.6. The SMILES string of the molecule is CC(NC(=O)OC(C)(C)C)c1cn2c(NCc3c(F)ccc4c3CCO4)ncc(-c3cc(C(N)=O)nn3C)c2n1. The highest BCUT2D eigenvalue weighted by Gasteiger charge is 2.24. The van der Waals surface area contributed by atoms with E-state index >= 15 is 0 Å². The van der Waals surface area contributed by atoms with Crippen LogP contribution in [-0.2, 0) is 24.8 Å². The lowest BCUT2D eigenvalue weighted by molar-refractivity contribution is 0.0507. The van der Waals surface area contributed by atoms with Crippen LogP contribution in [0, 0.1) is 5.82 Å². The molecule has 1 atom stereocenters. The number of nitrogens with zero attached hydrogens (tertiary/aromatic N) is 5. The molecule has 5 rings (SSSR count).